The predicted molar refractivity (Wildman–Crippen MR) is 65.6 cm³/mol. The SMILES string of the molecule is COC(=O)CCCc1cc(OC)ccc1Br. The van der Waals surface area contributed by atoms with Crippen LogP contribution in [0.15, 0.2) is 22.7 Å². The van der Waals surface area contributed by atoms with Crippen LogP contribution in [0.25, 0.3) is 0 Å². The van der Waals surface area contributed by atoms with Gasteiger partial charge in [-0.05, 0) is 36.6 Å². The van der Waals surface area contributed by atoms with E-state index in [1.165, 1.54) is 7.11 Å². The van der Waals surface area contributed by atoms with Crippen molar-refractivity contribution in [2.24, 2.45) is 0 Å². The highest BCUT2D eigenvalue weighted by molar-refractivity contribution is 9.10. The van der Waals surface area contributed by atoms with Crippen LogP contribution in [0.2, 0.25) is 0 Å². The summed E-state index contributed by atoms with van der Waals surface area (Å²) in [6.07, 6.45) is 2.05. The van der Waals surface area contributed by atoms with E-state index in [2.05, 4.69) is 20.7 Å². The van der Waals surface area contributed by atoms with Crippen LogP contribution in [0, 0.1) is 0 Å². The summed E-state index contributed by atoms with van der Waals surface area (Å²) in [7, 11) is 3.05. The first-order chi connectivity index (χ1) is 7.67. The summed E-state index contributed by atoms with van der Waals surface area (Å²) >= 11 is 3.47. The molecule has 0 aromatic heterocycles. The van der Waals surface area contributed by atoms with E-state index in [9.17, 15) is 4.79 Å². The predicted octanol–water partition coefficient (Wildman–Crippen LogP) is 2.95. The summed E-state index contributed by atoms with van der Waals surface area (Å²) in [6, 6.07) is 5.82. The Balaban J connectivity index is 2.55. The van der Waals surface area contributed by atoms with Crippen molar-refractivity contribution >= 4 is 21.9 Å². The standard InChI is InChI=1S/C12H15BrO3/c1-15-10-6-7-11(13)9(8-10)4-3-5-12(14)16-2/h6-8H,3-5H2,1-2H3. The molecule has 88 valence electrons. The lowest BCUT2D eigenvalue weighted by molar-refractivity contribution is -0.140. The molecular formula is C12H15BrO3. The Kier molecular flexibility index (Phi) is 5.32. The van der Waals surface area contributed by atoms with Crippen molar-refractivity contribution in [3.63, 3.8) is 0 Å². The minimum Gasteiger partial charge on any atom is -0.497 e. The van der Waals surface area contributed by atoms with E-state index < -0.39 is 0 Å². The summed E-state index contributed by atoms with van der Waals surface area (Å²) in [5.41, 5.74) is 1.14. The molecule has 0 unspecified atom stereocenters. The number of carbonyl (C=O) groups is 1. The number of hydrogen-bond acceptors (Lipinski definition) is 3. The van der Waals surface area contributed by atoms with Gasteiger partial charge < -0.3 is 9.47 Å². The molecule has 0 heterocycles. The lowest BCUT2D eigenvalue weighted by atomic mass is 10.1. The van der Waals surface area contributed by atoms with Crippen molar-refractivity contribution in [2.75, 3.05) is 14.2 Å². The second-order valence-electron chi connectivity index (χ2n) is 3.39. The summed E-state index contributed by atoms with van der Waals surface area (Å²) in [6.45, 7) is 0. The number of aryl methyl sites for hydroxylation is 1. The molecule has 0 amide bonds. The van der Waals surface area contributed by atoms with Crippen molar-refractivity contribution in [1.29, 1.82) is 0 Å². The highest BCUT2D eigenvalue weighted by Gasteiger charge is 2.04. The molecule has 0 aliphatic rings. The molecule has 0 N–H and O–H groups in total. The van der Waals surface area contributed by atoms with Gasteiger partial charge in [-0.2, -0.15) is 0 Å². The fourth-order valence-corrected chi connectivity index (χ4v) is 1.84. The van der Waals surface area contributed by atoms with Gasteiger partial charge in [-0.15, -0.1) is 0 Å². The van der Waals surface area contributed by atoms with Gasteiger partial charge in [-0.25, -0.2) is 0 Å². The maximum atomic E-state index is 11.0. The number of halogens is 1. The average molecular weight is 287 g/mol. The Morgan fingerprint density at radius 2 is 2.12 bits per heavy atom. The third-order valence-corrected chi connectivity index (χ3v) is 3.08. The van der Waals surface area contributed by atoms with Crippen LogP contribution < -0.4 is 4.74 Å². The van der Waals surface area contributed by atoms with Gasteiger partial charge in [0.15, 0.2) is 0 Å². The maximum absolute atomic E-state index is 11.0. The number of esters is 1. The highest BCUT2D eigenvalue weighted by Crippen LogP contribution is 2.23. The topological polar surface area (TPSA) is 35.5 Å². The van der Waals surface area contributed by atoms with Crippen LogP contribution in [-0.2, 0) is 16.0 Å². The third-order valence-electron chi connectivity index (χ3n) is 2.31. The Hall–Kier alpha value is -1.03. The van der Waals surface area contributed by atoms with Gasteiger partial charge in [0.1, 0.15) is 5.75 Å². The molecule has 1 rings (SSSR count). The maximum Gasteiger partial charge on any atom is 0.305 e. The first-order valence-electron chi connectivity index (χ1n) is 5.06. The molecule has 1 aromatic carbocycles. The smallest absolute Gasteiger partial charge is 0.305 e. The van der Waals surface area contributed by atoms with Crippen LogP contribution in [0.4, 0.5) is 0 Å². The second kappa shape index (κ2) is 6.53. The molecule has 0 aliphatic heterocycles. The minimum absolute atomic E-state index is 0.168. The molecule has 0 radical (unpaired) electrons. The van der Waals surface area contributed by atoms with Crippen molar-refractivity contribution in [3.05, 3.63) is 28.2 Å². The number of methoxy groups -OCH3 is 2. The van der Waals surface area contributed by atoms with Crippen molar-refractivity contribution in [1.82, 2.24) is 0 Å². The largest absolute Gasteiger partial charge is 0.497 e. The lowest BCUT2D eigenvalue weighted by Gasteiger charge is -2.06. The number of carbonyl (C=O) groups excluding carboxylic acids is 1. The molecule has 0 aliphatic carbocycles. The number of hydrogen-bond donors (Lipinski definition) is 0. The zero-order valence-electron chi connectivity index (χ0n) is 9.46. The number of benzene rings is 1. The molecule has 16 heavy (non-hydrogen) atoms. The Bertz CT molecular complexity index is 363. The van der Waals surface area contributed by atoms with Crippen molar-refractivity contribution in [3.8, 4) is 5.75 Å². The summed E-state index contributed by atoms with van der Waals surface area (Å²) < 4.78 is 10.8. The quantitative estimate of drug-likeness (QED) is 0.781. The van der Waals surface area contributed by atoms with Gasteiger partial charge in [0.2, 0.25) is 0 Å². The van der Waals surface area contributed by atoms with Gasteiger partial charge in [0, 0.05) is 10.9 Å². The van der Waals surface area contributed by atoms with E-state index in [0.717, 1.165) is 28.6 Å². The summed E-state index contributed by atoms with van der Waals surface area (Å²) in [5, 5.41) is 0. The molecule has 0 saturated carbocycles. The van der Waals surface area contributed by atoms with Crippen LogP contribution in [0.5, 0.6) is 5.75 Å². The monoisotopic (exact) mass is 286 g/mol. The van der Waals surface area contributed by atoms with E-state index in [0.29, 0.717) is 6.42 Å². The van der Waals surface area contributed by atoms with Crippen LogP contribution in [0.3, 0.4) is 0 Å². The molecule has 0 atom stereocenters. The molecule has 0 saturated heterocycles. The van der Waals surface area contributed by atoms with Gasteiger partial charge >= 0.3 is 5.97 Å². The normalized spacial score (nSPS) is 9.94. The van der Waals surface area contributed by atoms with Gasteiger partial charge in [0.05, 0.1) is 14.2 Å². The van der Waals surface area contributed by atoms with Crippen LogP contribution in [-0.4, -0.2) is 20.2 Å². The van der Waals surface area contributed by atoms with E-state index >= 15 is 0 Å². The number of rotatable bonds is 5. The Labute approximate surface area is 104 Å². The molecule has 3 nitrogen and oxygen atoms in total. The van der Waals surface area contributed by atoms with Crippen molar-refractivity contribution < 1.29 is 14.3 Å². The lowest BCUT2D eigenvalue weighted by Crippen LogP contribution is -2.00. The van der Waals surface area contributed by atoms with Gasteiger partial charge in [-0.1, -0.05) is 15.9 Å². The van der Waals surface area contributed by atoms with E-state index in [1.807, 2.05) is 18.2 Å². The third kappa shape index (κ3) is 3.85. The van der Waals surface area contributed by atoms with Crippen molar-refractivity contribution in [2.45, 2.75) is 19.3 Å². The van der Waals surface area contributed by atoms with Gasteiger partial charge in [-0.3, -0.25) is 4.79 Å². The molecular weight excluding hydrogens is 272 g/mol. The number of ether oxygens (including phenoxy) is 2. The molecule has 0 fully saturated rings. The average Bonchev–Trinajstić information content (AvgIpc) is 2.31. The molecule has 0 spiro atoms. The van der Waals surface area contributed by atoms with Gasteiger partial charge in [0.25, 0.3) is 0 Å². The first-order valence-corrected chi connectivity index (χ1v) is 5.86. The second-order valence-corrected chi connectivity index (χ2v) is 4.24. The van der Waals surface area contributed by atoms with E-state index in [4.69, 9.17) is 4.74 Å². The Morgan fingerprint density at radius 3 is 2.75 bits per heavy atom. The fourth-order valence-electron chi connectivity index (χ4n) is 1.39. The molecule has 4 heteroatoms. The zero-order chi connectivity index (χ0) is 12.0. The fraction of sp³-hybridized carbons (Fsp3) is 0.417. The molecule has 0 bridgehead atoms. The Morgan fingerprint density at radius 1 is 1.38 bits per heavy atom. The van der Waals surface area contributed by atoms with E-state index in [1.54, 1.807) is 7.11 Å². The van der Waals surface area contributed by atoms with Crippen LogP contribution in [0.1, 0.15) is 18.4 Å². The van der Waals surface area contributed by atoms with Crippen LogP contribution >= 0.6 is 15.9 Å². The first kappa shape index (κ1) is 13.0. The summed E-state index contributed by atoms with van der Waals surface area (Å²) in [5.74, 6) is 0.662. The highest BCUT2D eigenvalue weighted by atomic mass is 79.9. The molecule has 1 aromatic rings. The van der Waals surface area contributed by atoms with E-state index in [-0.39, 0.29) is 5.97 Å². The minimum atomic E-state index is -0.168. The summed E-state index contributed by atoms with van der Waals surface area (Å²) in [4.78, 5) is 11.0. The zero-order valence-corrected chi connectivity index (χ0v) is 11.0.